The first-order valence-electron chi connectivity index (χ1n) is 8.76. The minimum atomic E-state index is -0.197. The zero-order chi connectivity index (χ0) is 17.4. The van der Waals surface area contributed by atoms with Crippen LogP contribution in [0.15, 0.2) is 54.5 Å². The first kappa shape index (κ1) is 18.5. The minimum absolute atomic E-state index is 0.0182. The molecule has 1 aromatic rings. The highest BCUT2D eigenvalue weighted by Gasteiger charge is 2.31. The highest BCUT2D eigenvalue weighted by molar-refractivity contribution is 6.17. The molecule has 3 nitrogen and oxygen atoms in total. The summed E-state index contributed by atoms with van der Waals surface area (Å²) in [4.78, 5) is 17.4. The van der Waals surface area contributed by atoms with E-state index >= 15 is 0 Å². The number of likely N-dealkylation sites (N-methyl/N-ethyl adjacent to an activating group) is 1. The standard InChI is InChI=1S/C20H27BN2O/c1-17(11-7-8-14-21)22(2)20(24)19(18-12-5-3-6-13-18)23-15-9-4-10-16-23/h3,5-8,11-14,17,19H,4,9-10,15-16H2,1-2H3/t17-,19-/m1/s1. The lowest BCUT2D eigenvalue weighted by atomic mass is 10.00. The van der Waals surface area contributed by atoms with E-state index in [-0.39, 0.29) is 18.0 Å². The number of rotatable bonds is 6. The molecule has 4 heteroatoms. The Balaban J connectivity index is 2.20. The number of amides is 1. The van der Waals surface area contributed by atoms with Crippen LogP contribution in [0.5, 0.6) is 0 Å². The maximum atomic E-state index is 13.2. The van der Waals surface area contributed by atoms with Crippen molar-refractivity contribution in [3.63, 3.8) is 0 Å². The molecule has 1 fully saturated rings. The van der Waals surface area contributed by atoms with E-state index in [2.05, 4.69) is 17.0 Å². The Morgan fingerprint density at radius 1 is 1.17 bits per heavy atom. The second-order valence-corrected chi connectivity index (χ2v) is 6.37. The number of hydrogen-bond acceptors (Lipinski definition) is 2. The maximum Gasteiger partial charge on any atom is 0.244 e. The lowest BCUT2D eigenvalue weighted by molar-refractivity contribution is -0.137. The van der Waals surface area contributed by atoms with Gasteiger partial charge >= 0.3 is 0 Å². The SMILES string of the molecule is [B]C=CC=C[C@@H](C)N(C)C(=O)[C@@H](c1ccccc1)N1CCCCC1. The Morgan fingerprint density at radius 3 is 2.46 bits per heavy atom. The fourth-order valence-corrected chi connectivity index (χ4v) is 3.13. The summed E-state index contributed by atoms with van der Waals surface area (Å²) < 4.78 is 0. The average molecular weight is 322 g/mol. The van der Waals surface area contributed by atoms with E-state index < -0.39 is 0 Å². The number of nitrogens with zero attached hydrogens (tertiary/aromatic N) is 2. The number of carbonyl (C=O) groups excluding carboxylic acids is 1. The van der Waals surface area contributed by atoms with Crippen molar-refractivity contribution in [1.29, 1.82) is 0 Å². The molecule has 0 saturated carbocycles. The molecule has 126 valence electrons. The fraction of sp³-hybridized carbons (Fsp3) is 0.450. The minimum Gasteiger partial charge on any atom is -0.338 e. The predicted molar refractivity (Wildman–Crippen MR) is 101 cm³/mol. The van der Waals surface area contributed by atoms with Gasteiger partial charge in [-0.25, -0.2) is 0 Å². The lowest BCUT2D eigenvalue weighted by Crippen LogP contribution is -2.45. The van der Waals surface area contributed by atoms with Gasteiger partial charge in [-0.3, -0.25) is 9.69 Å². The van der Waals surface area contributed by atoms with Crippen LogP contribution in [0.1, 0.15) is 37.8 Å². The van der Waals surface area contributed by atoms with Crippen LogP contribution in [0.2, 0.25) is 0 Å². The van der Waals surface area contributed by atoms with Crippen molar-refractivity contribution in [1.82, 2.24) is 9.80 Å². The summed E-state index contributed by atoms with van der Waals surface area (Å²) in [5.74, 6) is 1.64. The molecule has 0 N–H and O–H groups in total. The number of piperidine rings is 1. The van der Waals surface area contributed by atoms with Gasteiger partial charge in [-0.1, -0.05) is 55.0 Å². The topological polar surface area (TPSA) is 23.6 Å². The van der Waals surface area contributed by atoms with Crippen LogP contribution in [0.4, 0.5) is 0 Å². The monoisotopic (exact) mass is 322 g/mol. The second kappa shape index (κ2) is 9.48. The van der Waals surface area contributed by atoms with E-state index in [0.29, 0.717) is 0 Å². The van der Waals surface area contributed by atoms with Crippen LogP contribution >= 0.6 is 0 Å². The molecule has 2 radical (unpaired) electrons. The zero-order valence-corrected chi connectivity index (χ0v) is 14.8. The second-order valence-electron chi connectivity index (χ2n) is 6.37. The van der Waals surface area contributed by atoms with Crippen LogP contribution in [-0.2, 0) is 4.79 Å². The van der Waals surface area contributed by atoms with Gasteiger partial charge in [-0.15, -0.1) is 5.98 Å². The van der Waals surface area contributed by atoms with Crippen molar-refractivity contribution >= 4 is 13.8 Å². The van der Waals surface area contributed by atoms with Crippen molar-refractivity contribution in [3.05, 3.63) is 60.1 Å². The van der Waals surface area contributed by atoms with Crippen LogP contribution in [0.3, 0.4) is 0 Å². The smallest absolute Gasteiger partial charge is 0.244 e. The van der Waals surface area contributed by atoms with Crippen LogP contribution in [0.25, 0.3) is 0 Å². The van der Waals surface area contributed by atoms with Gasteiger partial charge in [0, 0.05) is 13.1 Å². The molecule has 1 aromatic carbocycles. The molecule has 1 amide bonds. The van der Waals surface area contributed by atoms with Gasteiger partial charge in [-0.05, 0) is 38.4 Å². The summed E-state index contributed by atoms with van der Waals surface area (Å²) >= 11 is 0. The summed E-state index contributed by atoms with van der Waals surface area (Å²) in [6, 6.07) is 9.95. The molecule has 1 aliphatic rings. The highest BCUT2D eigenvalue weighted by atomic mass is 16.2. The summed E-state index contributed by atoms with van der Waals surface area (Å²) in [5.41, 5.74) is 1.08. The molecule has 2 rings (SSSR count). The number of hydrogen-bond donors (Lipinski definition) is 0. The van der Waals surface area contributed by atoms with Crippen LogP contribution in [0, 0.1) is 0 Å². The van der Waals surface area contributed by atoms with E-state index in [1.807, 2.05) is 49.2 Å². The van der Waals surface area contributed by atoms with E-state index in [4.69, 9.17) is 7.85 Å². The Labute approximate surface area is 147 Å². The molecule has 1 saturated heterocycles. The van der Waals surface area contributed by atoms with Crippen molar-refractivity contribution in [2.75, 3.05) is 20.1 Å². The number of allylic oxidation sites excluding steroid dienone is 2. The van der Waals surface area contributed by atoms with Gasteiger partial charge in [-0.2, -0.15) is 0 Å². The molecular weight excluding hydrogens is 295 g/mol. The molecule has 1 heterocycles. The summed E-state index contributed by atoms with van der Waals surface area (Å²) in [6.07, 6.45) is 9.22. The summed E-state index contributed by atoms with van der Waals surface area (Å²) in [6.45, 7) is 4.00. The van der Waals surface area contributed by atoms with Gasteiger partial charge in [0.2, 0.25) is 5.91 Å². The Hall–Kier alpha value is -1.81. The maximum absolute atomic E-state index is 13.2. The molecule has 0 spiro atoms. The van der Waals surface area contributed by atoms with Crippen LogP contribution in [-0.4, -0.2) is 49.7 Å². The largest absolute Gasteiger partial charge is 0.338 e. The Morgan fingerprint density at radius 2 is 1.83 bits per heavy atom. The third-order valence-electron chi connectivity index (χ3n) is 4.68. The van der Waals surface area contributed by atoms with Crippen molar-refractivity contribution < 1.29 is 4.79 Å². The first-order chi connectivity index (χ1) is 11.6. The van der Waals surface area contributed by atoms with Crippen molar-refractivity contribution in [2.45, 2.75) is 38.3 Å². The summed E-state index contributed by atoms with van der Waals surface area (Å²) in [7, 11) is 7.23. The normalized spacial score (nSPS) is 18.8. The molecule has 0 bridgehead atoms. The Kier molecular flexibility index (Phi) is 7.32. The van der Waals surface area contributed by atoms with Gasteiger partial charge in [0.15, 0.2) is 0 Å². The fourth-order valence-electron chi connectivity index (χ4n) is 3.13. The lowest BCUT2D eigenvalue weighted by Gasteiger charge is -2.37. The Bertz CT molecular complexity index is 564. The summed E-state index contributed by atoms with van der Waals surface area (Å²) in [5, 5.41) is 0. The highest BCUT2D eigenvalue weighted by Crippen LogP contribution is 2.27. The molecule has 24 heavy (non-hydrogen) atoms. The molecule has 1 aliphatic heterocycles. The van der Waals surface area contributed by atoms with Crippen molar-refractivity contribution in [2.24, 2.45) is 0 Å². The third kappa shape index (κ3) is 4.84. The van der Waals surface area contributed by atoms with E-state index in [1.54, 1.807) is 6.08 Å². The zero-order valence-electron chi connectivity index (χ0n) is 14.8. The quantitative estimate of drug-likeness (QED) is 0.593. The number of carbonyl (C=O) groups is 1. The molecule has 0 aromatic heterocycles. The van der Waals surface area contributed by atoms with Gasteiger partial charge in [0.05, 0.1) is 0 Å². The van der Waals surface area contributed by atoms with Crippen molar-refractivity contribution in [3.8, 4) is 0 Å². The predicted octanol–water partition coefficient (Wildman–Crippen LogP) is 3.30. The molecule has 2 atom stereocenters. The van der Waals surface area contributed by atoms with E-state index in [9.17, 15) is 4.79 Å². The molecular formula is C20H27BN2O. The number of likely N-dealkylation sites (tertiary alicyclic amines) is 1. The molecule has 0 aliphatic carbocycles. The van der Waals surface area contributed by atoms with Gasteiger partial charge < -0.3 is 4.90 Å². The number of benzene rings is 1. The first-order valence-corrected chi connectivity index (χ1v) is 8.76. The average Bonchev–Trinajstić information content (AvgIpc) is 2.63. The third-order valence-corrected chi connectivity index (χ3v) is 4.68. The van der Waals surface area contributed by atoms with E-state index in [1.165, 1.54) is 12.4 Å². The molecule has 0 unspecified atom stereocenters. The van der Waals surface area contributed by atoms with Crippen LogP contribution < -0.4 is 0 Å². The van der Waals surface area contributed by atoms with Gasteiger partial charge in [0.1, 0.15) is 13.9 Å². The van der Waals surface area contributed by atoms with Gasteiger partial charge in [0.25, 0.3) is 0 Å². The van der Waals surface area contributed by atoms with E-state index in [0.717, 1.165) is 31.5 Å².